The van der Waals surface area contributed by atoms with Gasteiger partial charge in [-0.05, 0) is 32.9 Å². The standard InChI is InChI=1S/C17H22N6/c1-13-20-10-14-11-22(2)12-17(15(14)21-13)4-8-23(9-5-17)16-18-6-3-7-19-16/h3,6-7,10H,4-5,8-9,11-12H2,1-2H3. The first-order valence-corrected chi connectivity index (χ1v) is 8.20. The van der Waals surface area contributed by atoms with E-state index in [1.165, 1.54) is 11.3 Å². The molecule has 23 heavy (non-hydrogen) atoms. The number of hydrogen-bond donors (Lipinski definition) is 0. The zero-order valence-corrected chi connectivity index (χ0v) is 13.7. The molecule has 2 aliphatic heterocycles. The third-order valence-corrected chi connectivity index (χ3v) is 5.06. The summed E-state index contributed by atoms with van der Waals surface area (Å²) in [6, 6.07) is 1.86. The Balaban J connectivity index is 1.62. The smallest absolute Gasteiger partial charge is 0.225 e. The van der Waals surface area contributed by atoms with Crippen LogP contribution in [0.5, 0.6) is 0 Å². The predicted molar refractivity (Wildman–Crippen MR) is 88.3 cm³/mol. The molecule has 2 aliphatic rings. The van der Waals surface area contributed by atoms with Crippen molar-refractivity contribution in [2.24, 2.45) is 0 Å². The average Bonchev–Trinajstić information content (AvgIpc) is 2.57. The van der Waals surface area contributed by atoms with Crippen molar-refractivity contribution in [1.82, 2.24) is 24.8 Å². The molecule has 1 saturated heterocycles. The van der Waals surface area contributed by atoms with Crippen LogP contribution in [0.15, 0.2) is 24.7 Å². The fraction of sp³-hybridized carbons (Fsp3) is 0.529. The molecule has 2 aromatic heterocycles. The minimum absolute atomic E-state index is 0.140. The summed E-state index contributed by atoms with van der Waals surface area (Å²) in [7, 11) is 2.19. The van der Waals surface area contributed by atoms with Gasteiger partial charge in [0.05, 0.1) is 5.69 Å². The second kappa shape index (κ2) is 5.53. The molecule has 0 bridgehead atoms. The van der Waals surface area contributed by atoms with E-state index < -0.39 is 0 Å². The van der Waals surface area contributed by atoms with E-state index in [9.17, 15) is 0 Å². The lowest BCUT2D eigenvalue weighted by atomic mass is 9.72. The summed E-state index contributed by atoms with van der Waals surface area (Å²) in [5, 5.41) is 0. The zero-order valence-electron chi connectivity index (χ0n) is 13.7. The van der Waals surface area contributed by atoms with Gasteiger partial charge in [-0.2, -0.15) is 0 Å². The molecule has 1 fully saturated rings. The van der Waals surface area contributed by atoms with E-state index in [0.717, 1.165) is 50.8 Å². The van der Waals surface area contributed by atoms with Crippen LogP contribution in [0.4, 0.5) is 5.95 Å². The van der Waals surface area contributed by atoms with Gasteiger partial charge in [-0.25, -0.2) is 19.9 Å². The van der Waals surface area contributed by atoms with E-state index in [1.807, 2.05) is 31.6 Å². The SMILES string of the molecule is Cc1ncc2c(n1)C1(CCN(c3ncccn3)CC1)CN(C)C2. The summed E-state index contributed by atoms with van der Waals surface area (Å²) in [6.07, 6.45) is 7.81. The maximum atomic E-state index is 4.84. The third kappa shape index (κ3) is 2.57. The highest BCUT2D eigenvalue weighted by atomic mass is 15.3. The summed E-state index contributed by atoms with van der Waals surface area (Å²) in [5.74, 6) is 1.71. The van der Waals surface area contributed by atoms with Crippen LogP contribution in [0.3, 0.4) is 0 Å². The Kier molecular flexibility index (Phi) is 3.49. The van der Waals surface area contributed by atoms with Crippen molar-refractivity contribution in [1.29, 1.82) is 0 Å². The molecule has 4 heterocycles. The molecule has 4 rings (SSSR count). The van der Waals surface area contributed by atoms with E-state index in [1.54, 1.807) is 0 Å². The number of anilines is 1. The fourth-order valence-electron chi connectivity index (χ4n) is 3.99. The molecule has 6 heteroatoms. The molecule has 1 spiro atoms. The Morgan fingerprint density at radius 2 is 1.83 bits per heavy atom. The second-order valence-corrected chi connectivity index (χ2v) is 6.78. The van der Waals surface area contributed by atoms with Crippen molar-refractivity contribution in [2.45, 2.75) is 31.7 Å². The third-order valence-electron chi connectivity index (χ3n) is 5.06. The lowest BCUT2D eigenvalue weighted by Crippen LogP contribution is -2.52. The minimum atomic E-state index is 0.140. The number of aryl methyl sites for hydroxylation is 1. The van der Waals surface area contributed by atoms with Crippen LogP contribution in [0.1, 0.15) is 29.9 Å². The van der Waals surface area contributed by atoms with E-state index >= 15 is 0 Å². The Morgan fingerprint density at radius 1 is 1.09 bits per heavy atom. The van der Waals surface area contributed by atoms with Gasteiger partial charge in [-0.15, -0.1) is 0 Å². The molecule has 0 saturated carbocycles. The number of aromatic nitrogens is 4. The lowest BCUT2D eigenvalue weighted by Gasteiger charge is -2.46. The van der Waals surface area contributed by atoms with E-state index in [4.69, 9.17) is 4.98 Å². The second-order valence-electron chi connectivity index (χ2n) is 6.78. The van der Waals surface area contributed by atoms with Gasteiger partial charge in [0.2, 0.25) is 5.95 Å². The quantitative estimate of drug-likeness (QED) is 0.797. The monoisotopic (exact) mass is 310 g/mol. The first kappa shape index (κ1) is 14.5. The summed E-state index contributed by atoms with van der Waals surface area (Å²) < 4.78 is 0. The van der Waals surface area contributed by atoms with Crippen LogP contribution in [0.25, 0.3) is 0 Å². The molecule has 120 valence electrons. The van der Waals surface area contributed by atoms with Crippen LogP contribution in [-0.2, 0) is 12.0 Å². The van der Waals surface area contributed by atoms with E-state index in [2.05, 4.69) is 31.8 Å². The van der Waals surface area contributed by atoms with Gasteiger partial charge < -0.3 is 9.80 Å². The molecule has 0 N–H and O–H groups in total. The molecule has 0 unspecified atom stereocenters. The van der Waals surface area contributed by atoms with Crippen LogP contribution < -0.4 is 4.90 Å². The summed E-state index contributed by atoms with van der Waals surface area (Å²) in [5.41, 5.74) is 2.70. The summed E-state index contributed by atoms with van der Waals surface area (Å²) >= 11 is 0. The molecule has 0 aliphatic carbocycles. The Hall–Kier alpha value is -2.08. The average molecular weight is 310 g/mol. The van der Waals surface area contributed by atoms with Crippen molar-refractivity contribution in [3.8, 4) is 0 Å². The van der Waals surface area contributed by atoms with E-state index in [-0.39, 0.29) is 5.41 Å². The van der Waals surface area contributed by atoms with Crippen LogP contribution in [-0.4, -0.2) is 51.5 Å². The van der Waals surface area contributed by atoms with Crippen molar-refractivity contribution in [2.75, 3.05) is 31.6 Å². The van der Waals surface area contributed by atoms with Gasteiger partial charge in [0.15, 0.2) is 0 Å². The maximum Gasteiger partial charge on any atom is 0.225 e. The Morgan fingerprint density at radius 3 is 2.57 bits per heavy atom. The van der Waals surface area contributed by atoms with Gasteiger partial charge >= 0.3 is 0 Å². The van der Waals surface area contributed by atoms with Crippen LogP contribution >= 0.6 is 0 Å². The topological polar surface area (TPSA) is 58.0 Å². The zero-order chi connectivity index (χ0) is 15.9. The van der Waals surface area contributed by atoms with Crippen LogP contribution in [0, 0.1) is 6.92 Å². The molecule has 6 nitrogen and oxygen atoms in total. The lowest BCUT2D eigenvalue weighted by molar-refractivity contribution is 0.174. The normalized spacial score (nSPS) is 20.5. The van der Waals surface area contributed by atoms with Crippen molar-refractivity contribution < 1.29 is 0 Å². The summed E-state index contributed by atoms with van der Waals surface area (Å²) in [6.45, 7) is 5.95. The van der Waals surface area contributed by atoms with E-state index in [0.29, 0.717) is 0 Å². The highest BCUT2D eigenvalue weighted by molar-refractivity contribution is 5.36. The Bertz CT molecular complexity index is 693. The molecule has 2 aromatic rings. The minimum Gasteiger partial charge on any atom is -0.341 e. The molecular formula is C17H22N6. The van der Waals surface area contributed by atoms with Gasteiger partial charge in [0, 0.05) is 55.7 Å². The molecule has 0 atom stereocenters. The van der Waals surface area contributed by atoms with Crippen LogP contribution in [0.2, 0.25) is 0 Å². The highest BCUT2D eigenvalue weighted by Crippen LogP contribution is 2.40. The number of rotatable bonds is 1. The first-order chi connectivity index (χ1) is 11.2. The fourth-order valence-corrected chi connectivity index (χ4v) is 3.99. The van der Waals surface area contributed by atoms with Gasteiger partial charge in [-0.3, -0.25) is 0 Å². The number of hydrogen-bond acceptors (Lipinski definition) is 6. The molecule has 0 amide bonds. The van der Waals surface area contributed by atoms with Crippen molar-refractivity contribution in [3.63, 3.8) is 0 Å². The molecular weight excluding hydrogens is 288 g/mol. The number of nitrogens with zero attached hydrogens (tertiary/aromatic N) is 6. The van der Waals surface area contributed by atoms with Gasteiger partial charge in [0.1, 0.15) is 5.82 Å². The first-order valence-electron chi connectivity index (χ1n) is 8.20. The summed E-state index contributed by atoms with van der Waals surface area (Å²) in [4.78, 5) is 22.7. The number of piperidine rings is 1. The van der Waals surface area contributed by atoms with Gasteiger partial charge in [-0.1, -0.05) is 0 Å². The maximum absolute atomic E-state index is 4.84. The largest absolute Gasteiger partial charge is 0.341 e. The number of fused-ring (bicyclic) bond motifs is 2. The van der Waals surface area contributed by atoms with Crippen molar-refractivity contribution >= 4 is 5.95 Å². The highest BCUT2D eigenvalue weighted by Gasteiger charge is 2.43. The van der Waals surface area contributed by atoms with Gasteiger partial charge in [0.25, 0.3) is 0 Å². The molecule has 0 radical (unpaired) electrons. The Labute approximate surface area is 136 Å². The number of likely N-dealkylation sites (N-methyl/N-ethyl adjacent to an activating group) is 1. The van der Waals surface area contributed by atoms with Crippen molar-refractivity contribution in [3.05, 3.63) is 41.7 Å². The molecule has 0 aromatic carbocycles. The predicted octanol–water partition coefficient (Wildman–Crippen LogP) is 1.56.